The molecule has 7 heteroatoms. The lowest BCUT2D eigenvalue weighted by atomic mass is 10.1. The van der Waals surface area contributed by atoms with Crippen LogP contribution < -0.4 is 5.32 Å². The number of aryl methyl sites for hydroxylation is 1. The number of nitrogens with one attached hydrogen (secondary N) is 1. The maximum absolute atomic E-state index is 12.0. The van der Waals surface area contributed by atoms with E-state index in [1.54, 1.807) is 12.4 Å². The second-order valence-corrected chi connectivity index (χ2v) is 4.95. The lowest BCUT2D eigenvalue weighted by Crippen LogP contribution is -2.15. The summed E-state index contributed by atoms with van der Waals surface area (Å²) in [7, 11) is 0. The molecule has 2 N–H and O–H groups in total. The molecule has 98 valence electrons. The molecule has 0 spiro atoms. The summed E-state index contributed by atoms with van der Waals surface area (Å²) in [5, 5.41) is 11.8. The number of aromatic carboxylic acids is 1. The highest BCUT2D eigenvalue weighted by Gasteiger charge is 2.18. The zero-order valence-electron chi connectivity index (χ0n) is 9.81. The van der Waals surface area contributed by atoms with Crippen LogP contribution >= 0.6 is 22.9 Å². The molecule has 0 saturated heterocycles. The zero-order valence-corrected chi connectivity index (χ0v) is 11.4. The van der Waals surface area contributed by atoms with E-state index in [9.17, 15) is 9.59 Å². The van der Waals surface area contributed by atoms with E-state index < -0.39 is 11.9 Å². The quantitative estimate of drug-likeness (QED) is 0.912. The first-order valence-corrected chi connectivity index (χ1v) is 6.49. The number of hydrogen-bond donors (Lipinski definition) is 2. The van der Waals surface area contributed by atoms with Crippen LogP contribution in [0.4, 0.5) is 5.69 Å². The molecule has 5 nitrogen and oxygen atoms in total. The Morgan fingerprint density at radius 2 is 2.16 bits per heavy atom. The van der Waals surface area contributed by atoms with Crippen LogP contribution in [0.1, 0.15) is 25.7 Å². The lowest BCUT2D eigenvalue weighted by Gasteiger charge is -2.09. The van der Waals surface area contributed by atoms with Gasteiger partial charge in [-0.2, -0.15) is 0 Å². The molecule has 1 aromatic heterocycles. The molecular weight excluding hydrogens is 288 g/mol. The SMILES string of the molecule is Cc1ncsc1C(=O)Nc1c(Cl)cccc1C(=O)O. The lowest BCUT2D eigenvalue weighted by molar-refractivity contribution is 0.0698. The number of carboxylic acid groups (broad SMARTS) is 1. The fraction of sp³-hybridized carbons (Fsp3) is 0.0833. The van der Waals surface area contributed by atoms with Crippen LogP contribution in [0, 0.1) is 6.92 Å². The van der Waals surface area contributed by atoms with Crippen molar-refractivity contribution in [3.05, 3.63) is 44.9 Å². The summed E-state index contributed by atoms with van der Waals surface area (Å²) in [6.07, 6.45) is 0. The molecule has 0 fully saturated rings. The summed E-state index contributed by atoms with van der Waals surface area (Å²) < 4.78 is 0. The van der Waals surface area contributed by atoms with E-state index >= 15 is 0 Å². The van der Waals surface area contributed by atoms with E-state index in [0.29, 0.717) is 10.6 Å². The normalized spacial score (nSPS) is 10.2. The summed E-state index contributed by atoms with van der Waals surface area (Å²) in [5.74, 6) is -1.57. The van der Waals surface area contributed by atoms with Crippen molar-refractivity contribution in [2.45, 2.75) is 6.92 Å². The van der Waals surface area contributed by atoms with Crippen molar-refractivity contribution < 1.29 is 14.7 Å². The summed E-state index contributed by atoms with van der Waals surface area (Å²) in [5.41, 5.74) is 2.18. The molecule has 0 aliphatic rings. The highest BCUT2D eigenvalue weighted by molar-refractivity contribution is 7.12. The minimum atomic E-state index is -1.15. The van der Waals surface area contributed by atoms with Gasteiger partial charge in [0.1, 0.15) is 4.88 Å². The van der Waals surface area contributed by atoms with Crippen molar-refractivity contribution in [3.63, 3.8) is 0 Å². The first-order valence-electron chi connectivity index (χ1n) is 5.24. The van der Waals surface area contributed by atoms with Crippen LogP contribution in [0.15, 0.2) is 23.7 Å². The number of carbonyl (C=O) groups is 2. The largest absolute Gasteiger partial charge is 0.478 e. The number of rotatable bonds is 3. The van der Waals surface area contributed by atoms with Gasteiger partial charge in [0.15, 0.2) is 0 Å². The van der Waals surface area contributed by atoms with Crippen LogP contribution in [0.5, 0.6) is 0 Å². The van der Waals surface area contributed by atoms with Crippen LogP contribution in [0.3, 0.4) is 0 Å². The van der Waals surface area contributed by atoms with E-state index in [4.69, 9.17) is 16.7 Å². The molecule has 0 saturated carbocycles. The molecule has 19 heavy (non-hydrogen) atoms. The average Bonchev–Trinajstić information content (AvgIpc) is 2.77. The highest BCUT2D eigenvalue weighted by atomic mass is 35.5. The maximum atomic E-state index is 12.0. The van der Waals surface area contributed by atoms with Gasteiger partial charge in [-0.3, -0.25) is 4.79 Å². The van der Waals surface area contributed by atoms with Gasteiger partial charge >= 0.3 is 5.97 Å². The third-order valence-corrected chi connectivity index (χ3v) is 3.68. The fourth-order valence-corrected chi connectivity index (χ4v) is 2.44. The number of amides is 1. The predicted octanol–water partition coefficient (Wildman–Crippen LogP) is 3.06. The number of thiazole rings is 1. The minimum Gasteiger partial charge on any atom is -0.478 e. The number of nitrogens with zero attached hydrogens (tertiary/aromatic N) is 1. The number of carboxylic acids is 1. The number of hydrogen-bond acceptors (Lipinski definition) is 4. The number of para-hydroxylation sites is 1. The van der Waals surface area contributed by atoms with Crippen LogP contribution in [0.2, 0.25) is 5.02 Å². The molecule has 0 bridgehead atoms. The molecule has 0 unspecified atom stereocenters. The minimum absolute atomic E-state index is 0.0528. The monoisotopic (exact) mass is 296 g/mol. The van der Waals surface area contributed by atoms with Crippen molar-refractivity contribution in [1.29, 1.82) is 0 Å². The van der Waals surface area contributed by atoms with Crippen LogP contribution in [-0.4, -0.2) is 22.0 Å². The number of anilines is 1. The van der Waals surface area contributed by atoms with E-state index in [-0.39, 0.29) is 16.3 Å². The molecule has 1 aromatic carbocycles. The molecule has 2 rings (SSSR count). The molecule has 0 aliphatic heterocycles. The van der Waals surface area contributed by atoms with E-state index in [2.05, 4.69) is 10.3 Å². The second kappa shape index (κ2) is 5.38. The Hall–Kier alpha value is -1.92. The number of carbonyl (C=O) groups excluding carboxylic acids is 1. The van der Waals surface area contributed by atoms with E-state index in [0.717, 1.165) is 0 Å². The Morgan fingerprint density at radius 3 is 2.74 bits per heavy atom. The van der Waals surface area contributed by atoms with E-state index in [1.165, 1.54) is 29.5 Å². The van der Waals surface area contributed by atoms with Crippen molar-refractivity contribution in [3.8, 4) is 0 Å². The first-order chi connectivity index (χ1) is 9.00. The van der Waals surface area contributed by atoms with Gasteiger partial charge in [-0.05, 0) is 19.1 Å². The average molecular weight is 297 g/mol. The molecular formula is C12H9ClN2O3S. The van der Waals surface area contributed by atoms with Gasteiger partial charge in [-0.1, -0.05) is 17.7 Å². The van der Waals surface area contributed by atoms with Crippen LogP contribution in [-0.2, 0) is 0 Å². The van der Waals surface area contributed by atoms with Gasteiger partial charge in [0.05, 0.1) is 27.5 Å². The fourth-order valence-electron chi connectivity index (χ4n) is 1.52. The molecule has 2 aromatic rings. The number of benzene rings is 1. The predicted molar refractivity (Wildman–Crippen MR) is 73.2 cm³/mol. The van der Waals surface area contributed by atoms with Gasteiger partial charge in [0.25, 0.3) is 5.91 Å². The highest BCUT2D eigenvalue weighted by Crippen LogP contribution is 2.27. The van der Waals surface area contributed by atoms with Crippen molar-refractivity contribution in [2.24, 2.45) is 0 Å². The van der Waals surface area contributed by atoms with Gasteiger partial charge in [0.2, 0.25) is 0 Å². The van der Waals surface area contributed by atoms with Gasteiger partial charge < -0.3 is 10.4 Å². The zero-order chi connectivity index (χ0) is 14.0. The van der Waals surface area contributed by atoms with Gasteiger partial charge in [-0.25, -0.2) is 9.78 Å². The van der Waals surface area contributed by atoms with E-state index in [1.807, 2.05) is 0 Å². The third kappa shape index (κ3) is 2.74. The Labute approximate surface area is 117 Å². The first kappa shape index (κ1) is 13.5. The Kier molecular flexibility index (Phi) is 3.82. The molecule has 1 amide bonds. The third-order valence-electron chi connectivity index (χ3n) is 2.43. The number of aromatic nitrogens is 1. The smallest absolute Gasteiger partial charge is 0.337 e. The van der Waals surface area contributed by atoms with Gasteiger partial charge in [-0.15, -0.1) is 11.3 Å². The van der Waals surface area contributed by atoms with Crippen molar-refractivity contribution >= 4 is 40.5 Å². The topological polar surface area (TPSA) is 79.3 Å². The number of halogens is 1. The van der Waals surface area contributed by atoms with Crippen molar-refractivity contribution in [1.82, 2.24) is 4.98 Å². The van der Waals surface area contributed by atoms with Crippen molar-refractivity contribution in [2.75, 3.05) is 5.32 Å². The maximum Gasteiger partial charge on any atom is 0.337 e. The Balaban J connectivity index is 2.36. The Bertz CT molecular complexity index is 654. The molecule has 1 heterocycles. The summed E-state index contributed by atoms with van der Waals surface area (Å²) in [4.78, 5) is 27.5. The molecule has 0 aliphatic carbocycles. The summed E-state index contributed by atoms with van der Waals surface area (Å²) in [6.45, 7) is 1.70. The summed E-state index contributed by atoms with van der Waals surface area (Å²) in [6, 6.07) is 4.41. The molecule has 0 atom stereocenters. The Morgan fingerprint density at radius 1 is 1.42 bits per heavy atom. The van der Waals surface area contributed by atoms with Crippen LogP contribution in [0.25, 0.3) is 0 Å². The standard InChI is InChI=1S/C12H9ClN2O3S/c1-6-10(19-5-14-6)11(16)15-9-7(12(17)18)3-2-4-8(9)13/h2-5H,1H3,(H,15,16)(H,17,18). The molecule has 0 radical (unpaired) electrons. The van der Waals surface area contributed by atoms with Gasteiger partial charge in [0, 0.05) is 0 Å². The second-order valence-electron chi connectivity index (χ2n) is 3.69. The summed E-state index contributed by atoms with van der Waals surface area (Å²) >= 11 is 7.11.